The van der Waals surface area contributed by atoms with E-state index in [2.05, 4.69) is 32.4 Å². The third-order valence-corrected chi connectivity index (χ3v) is 6.50. The Morgan fingerprint density at radius 1 is 0.886 bits per heavy atom. The monoisotopic (exact) mass is 467 g/mol. The molecule has 0 radical (unpaired) electrons. The summed E-state index contributed by atoms with van der Waals surface area (Å²) in [4.78, 5) is 28.8. The van der Waals surface area contributed by atoms with Crippen molar-refractivity contribution in [2.45, 2.75) is 13.5 Å². The summed E-state index contributed by atoms with van der Waals surface area (Å²) in [5.74, 6) is 0.826. The van der Waals surface area contributed by atoms with E-state index in [-0.39, 0.29) is 11.4 Å². The third-order valence-electron chi connectivity index (χ3n) is 6.50. The summed E-state index contributed by atoms with van der Waals surface area (Å²) in [7, 11) is 0. The Labute approximate surface area is 205 Å². The highest BCUT2D eigenvalue weighted by Crippen LogP contribution is 2.32. The number of aromatic nitrogens is 1. The molecule has 0 atom stereocenters. The van der Waals surface area contributed by atoms with E-state index in [1.807, 2.05) is 61.7 Å². The van der Waals surface area contributed by atoms with Gasteiger partial charge in [0.2, 0.25) is 0 Å². The average Bonchev–Trinajstić information content (AvgIpc) is 3.15. The molecule has 1 fully saturated rings. The van der Waals surface area contributed by atoms with Gasteiger partial charge in [-0.3, -0.25) is 9.69 Å². The highest BCUT2D eigenvalue weighted by Gasteiger charge is 2.21. The molecule has 0 N–H and O–H groups in total. The fourth-order valence-corrected chi connectivity index (χ4v) is 4.66. The number of anilines is 1. The fourth-order valence-electron chi connectivity index (χ4n) is 4.66. The van der Waals surface area contributed by atoms with Crippen molar-refractivity contribution in [2.75, 3.05) is 37.7 Å². The number of carbonyl (C=O) groups excluding carboxylic acids is 1. The molecule has 2 aromatic heterocycles. The van der Waals surface area contributed by atoms with Crippen molar-refractivity contribution < 1.29 is 9.53 Å². The van der Waals surface area contributed by atoms with Crippen molar-refractivity contribution in [1.82, 2.24) is 9.30 Å². The van der Waals surface area contributed by atoms with Gasteiger partial charge in [-0.15, -0.1) is 0 Å². The summed E-state index contributed by atoms with van der Waals surface area (Å²) in [6.45, 7) is 6.68. The molecule has 5 rings (SSSR count). The van der Waals surface area contributed by atoms with Crippen LogP contribution in [0.5, 0.6) is 0 Å². The maximum absolute atomic E-state index is 12.1. The lowest BCUT2D eigenvalue weighted by Gasteiger charge is -2.35. The Morgan fingerprint density at radius 2 is 1.63 bits per heavy atom. The van der Waals surface area contributed by atoms with E-state index >= 15 is 0 Å². The third kappa shape index (κ3) is 4.98. The number of fused-ring (bicyclic) bond motifs is 1. The zero-order valence-electron chi connectivity index (χ0n) is 19.9. The highest BCUT2D eigenvalue weighted by molar-refractivity contribution is 5.89. The van der Waals surface area contributed by atoms with Crippen molar-refractivity contribution >= 4 is 17.3 Å². The van der Waals surface area contributed by atoms with Crippen LogP contribution in [0.4, 0.5) is 5.82 Å². The molecule has 0 amide bonds. The number of ether oxygens (including phenoxy) is 1. The van der Waals surface area contributed by atoms with Gasteiger partial charge in [0.25, 0.3) is 0 Å². The van der Waals surface area contributed by atoms with Gasteiger partial charge >= 0.3 is 5.97 Å². The molecule has 4 aromatic rings. The van der Waals surface area contributed by atoms with Gasteiger partial charge in [-0.25, -0.2) is 4.79 Å². The first-order chi connectivity index (χ1) is 17.1. The van der Waals surface area contributed by atoms with Crippen LogP contribution in [0.15, 0.2) is 89.9 Å². The summed E-state index contributed by atoms with van der Waals surface area (Å²) in [6, 6.07) is 25.4. The Morgan fingerprint density at radius 3 is 2.34 bits per heavy atom. The lowest BCUT2D eigenvalue weighted by Crippen LogP contribution is -2.46. The van der Waals surface area contributed by atoms with Crippen LogP contribution in [0.25, 0.3) is 16.6 Å². The van der Waals surface area contributed by atoms with E-state index in [0.29, 0.717) is 12.2 Å². The summed E-state index contributed by atoms with van der Waals surface area (Å²) >= 11 is 0. The number of piperazine rings is 1. The van der Waals surface area contributed by atoms with Gasteiger partial charge in [0.05, 0.1) is 17.7 Å². The van der Waals surface area contributed by atoms with Crippen molar-refractivity contribution in [3.8, 4) is 11.1 Å². The normalized spacial score (nSPS) is 14.3. The molecular weight excluding hydrogens is 438 g/mol. The Bertz CT molecular complexity index is 1370. The molecule has 0 unspecified atom stereocenters. The molecule has 6 heteroatoms. The SMILES string of the molecule is CCOC(=O)c1ccc(CN2CCN(c3cc(-c4ccccc4)c4ccc(=O)ccn34)CC2)cc1. The minimum atomic E-state index is -0.278. The van der Waals surface area contributed by atoms with Crippen LogP contribution in [0.3, 0.4) is 0 Å². The molecule has 3 heterocycles. The lowest BCUT2D eigenvalue weighted by atomic mass is 10.1. The maximum Gasteiger partial charge on any atom is 0.338 e. The minimum Gasteiger partial charge on any atom is -0.462 e. The number of hydrogen-bond acceptors (Lipinski definition) is 5. The summed E-state index contributed by atoms with van der Waals surface area (Å²) in [6.07, 6.45) is 1.89. The molecule has 0 aliphatic carbocycles. The summed E-state index contributed by atoms with van der Waals surface area (Å²) < 4.78 is 7.20. The second-order valence-electron chi connectivity index (χ2n) is 8.77. The van der Waals surface area contributed by atoms with Gasteiger partial charge in [0.1, 0.15) is 5.82 Å². The first-order valence-electron chi connectivity index (χ1n) is 12.1. The van der Waals surface area contributed by atoms with Gasteiger partial charge in [-0.2, -0.15) is 0 Å². The van der Waals surface area contributed by atoms with Crippen LogP contribution in [-0.4, -0.2) is 48.1 Å². The van der Waals surface area contributed by atoms with Crippen molar-refractivity contribution in [2.24, 2.45) is 0 Å². The van der Waals surface area contributed by atoms with Gasteiger partial charge in [-0.1, -0.05) is 42.5 Å². The molecular formula is C29H29N3O3. The van der Waals surface area contributed by atoms with Gasteiger partial charge in [0.15, 0.2) is 5.43 Å². The maximum atomic E-state index is 12.1. The van der Waals surface area contributed by atoms with E-state index in [0.717, 1.165) is 55.2 Å². The van der Waals surface area contributed by atoms with Gasteiger partial charge in [-0.05, 0) is 48.4 Å². The number of benzene rings is 2. The van der Waals surface area contributed by atoms with Crippen LogP contribution in [0.2, 0.25) is 0 Å². The average molecular weight is 468 g/mol. The number of nitrogens with zero attached hydrogens (tertiary/aromatic N) is 3. The number of hydrogen-bond donors (Lipinski definition) is 0. The number of carbonyl (C=O) groups is 1. The topological polar surface area (TPSA) is 54.3 Å². The lowest BCUT2D eigenvalue weighted by molar-refractivity contribution is 0.0526. The molecule has 1 aliphatic rings. The molecule has 6 nitrogen and oxygen atoms in total. The highest BCUT2D eigenvalue weighted by atomic mass is 16.5. The second-order valence-corrected chi connectivity index (χ2v) is 8.77. The van der Waals surface area contributed by atoms with Crippen LogP contribution >= 0.6 is 0 Å². The standard InChI is InChI=1S/C29H29N3O3/c1-2-35-29(34)24-10-8-22(9-11-24)21-30-16-18-31(19-17-30)28-20-26(23-6-4-3-5-7-23)27-13-12-25(33)14-15-32(27)28/h3-15,20H,2,16-19,21H2,1H3. The van der Waals surface area contributed by atoms with Crippen LogP contribution in [0.1, 0.15) is 22.8 Å². The largest absolute Gasteiger partial charge is 0.462 e. The van der Waals surface area contributed by atoms with Crippen LogP contribution in [-0.2, 0) is 11.3 Å². The Kier molecular flexibility index (Phi) is 6.64. The molecule has 2 aromatic carbocycles. The Balaban J connectivity index is 1.33. The molecule has 1 aliphatic heterocycles. The molecule has 0 saturated carbocycles. The zero-order chi connectivity index (χ0) is 24.2. The number of esters is 1. The quantitative estimate of drug-likeness (QED) is 0.392. The molecule has 178 valence electrons. The van der Waals surface area contributed by atoms with Crippen molar-refractivity contribution in [3.63, 3.8) is 0 Å². The fraction of sp³-hybridized carbons (Fsp3) is 0.241. The van der Waals surface area contributed by atoms with E-state index in [1.165, 1.54) is 5.56 Å². The van der Waals surface area contributed by atoms with Crippen molar-refractivity contribution in [3.05, 3.63) is 106 Å². The molecule has 35 heavy (non-hydrogen) atoms. The summed E-state index contributed by atoms with van der Waals surface area (Å²) in [5.41, 5.74) is 5.06. The predicted molar refractivity (Wildman–Crippen MR) is 139 cm³/mol. The second kappa shape index (κ2) is 10.2. The van der Waals surface area contributed by atoms with Crippen molar-refractivity contribution in [1.29, 1.82) is 0 Å². The van der Waals surface area contributed by atoms with Crippen LogP contribution in [0, 0.1) is 0 Å². The van der Waals surface area contributed by atoms with E-state index in [1.54, 1.807) is 12.1 Å². The zero-order valence-corrected chi connectivity index (χ0v) is 19.9. The summed E-state index contributed by atoms with van der Waals surface area (Å²) in [5, 5.41) is 0. The predicted octanol–water partition coefficient (Wildman–Crippen LogP) is 4.47. The first-order valence-corrected chi connectivity index (χ1v) is 12.1. The molecule has 0 bridgehead atoms. The van der Waals surface area contributed by atoms with Gasteiger partial charge in [0, 0.05) is 50.6 Å². The smallest absolute Gasteiger partial charge is 0.338 e. The minimum absolute atomic E-state index is 0.00236. The van der Waals surface area contributed by atoms with E-state index in [4.69, 9.17) is 4.74 Å². The number of rotatable bonds is 6. The van der Waals surface area contributed by atoms with Gasteiger partial charge < -0.3 is 14.0 Å². The molecule has 1 saturated heterocycles. The van der Waals surface area contributed by atoms with Crippen LogP contribution < -0.4 is 10.3 Å². The van der Waals surface area contributed by atoms with E-state index in [9.17, 15) is 9.59 Å². The Hall–Kier alpha value is -3.90. The van der Waals surface area contributed by atoms with E-state index < -0.39 is 0 Å². The molecule has 0 spiro atoms. The first kappa shape index (κ1) is 22.9.